The highest BCUT2D eigenvalue weighted by Crippen LogP contribution is 2.27. The van der Waals surface area contributed by atoms with E-state index in [1.54, 1.807) is 0 Å². The van der Waals surface area contributed by atoms with Crippen molar-refractivity contribution < 1.29 is 27.6 Å². The van der Waals surface area contributed by atoms with Gasteiger partial charge in [-0.2, -0.15) is 5.10 Å². The second kappa shape index (κ2) is 7.96. The molecule has 1 amide bonds. The number of nitrogens with zero attached hydrogens (tertiary/aromatic N) is 4. The standard InChI is InChI=1S/C17H12F3N5O4/c18-17(19,20)29-15-4-2-1-3-12(15)8-22-16(26)11-5-6-13(14(7-11)25(27)28)24-10-21-9-23-24/h1-7,9-10H,8H2,(H,22,26). The summed E-state index contributed by atoms with van der Waals surface area (Å²) >= 11 is 0. The fourth-order valence-corrected chi connectivity index (χ4v) is 2.49. The van der Waals surface area contributed by atoms with E-state index in [-0.39, 0.29) is 29.0 Å². The molecule has 0 aliphatic carbocycles. The molecule has 1 aromatic heterocycles. The number of para-hydroxylation sites is 1. The van der Waals surface area contributed by atoms with Gasteiger partial charge in [-0.05, 0) is 18.2 Å². The van der Waals surface area contributed by atoms with Gasteiger partial charge in [0.25, 0.3) is 11.6 Å². The van der Waals surface area contributed by atoms with Crippen molar-refractivity contribution in [1.82, 2.24) is 20.1 Å². The van der Waals surface area contributed by atoms with Crippen molar-refractivity contribution >= 4 is 11.6 Å². The number of hydrogen-bond acceptors (Lipinski definition) is 6. The maximum absolute atomic E-state index is 12.5. The van der Waals surface area contributed by atoms with E-state index >= 15 is 0 Å². The fraction of sp³-hybridized carbons (Fsp3) is 0.118. The summed E-state index contributed by atoms with van der Waals surface area (Å²) < 4.78 is 42.5. The average molecular weight is 407 g/mol. The first-order valence-electron chi connectivity index (χ1n) is 8.00. The summed E-state index contributed by atoms with van der Waals surface area (Å²) in [5, 5.41) is 17.6. The summed E-state index contributed by atoms with van der Waals surface area (Å²) in [6.45, 7) is -0.274. The van der Waals surface area contributed by atoms with Crippen molar-refractivity contribution in [2.24, 2.45) is 0 Å². The van der Waals surface area contributed by atoms with Crippen LogP contribution in [0.3, 0.4) is 0 Å². The summed E-state index contributed by atoms with van der Waals surface area (Å²) in [4.78, 5) is 26.7. The van der Waals surface area contributed by atoms with Gasteiger partial charge in [-0.1, -0.05) is 18.2 Å². The Morgan fingerprint density at radius 1 is 1.24 bits per heavy atom. The summed E-state index contributed by atoms with van der Waals surface area (Å²) in [6, 6.07) is 9.02. The number of ether oxygens (including phenoxy) is 1. The van der Waals surface area contributed by atoms with Crippen LogP contribution in [-0.2, 0) is 6.54 Å². The van der Waals surface area contributed by atoms with E-state index in [0.717, 1.165) is 12.1 Å². The van der Waals surface area contributed by atoms with Gasteiger partial charge in [-0.3, -0.25) is 14.9 Å². The van der Waals surface area contributed by atoms with Crippen LogP contribution < -0.4 is 10.1 Å². The van der Waals surface area contributed by atoms with Crippen LogP contribution in [0, 0.1) is 10.1 Å². The van der Waals surface area contributed by atoms with Gasteiger partial charge in [0.05, 0.1) is 4.92 Å². The van der Waals surface area contributed by atoms with E-state index in [0.29, 0.717) is 0 Å². The molecule has 0 bridgehead atoms. The molecule has 0 saturated carbocycles. The van der Waals surface area contributed by atoms with Gasteiger partial charge in [0.1, 0.15) is 24.1 Å². The molecule has 12 heteroatoms. The number of aromatic nitrogens is 3. The van der Waals surface area contributed by atoms with E-state index in [9.17, 15) is 28.1 Å². The van der Waals surface area contributed by atoms with Gasteiger partial charge < -0.3 is 10.1 Å². The van der Waals surface area contributed by atoms with Gasteiger partial charge in [-0.25, -0.2) is 9.67 Å². The molecular formula is C17H12F3N5O4. The van der Waals surface area contributed by atoms with Gasteiger partial charge in [0.15, 0.2) is 0 Å². The van der Waals surface area contributed by atoms with E-state index in [2.05, 4.69) is 20.1 Å². The van der Waals surface area contributed by atoms with E-state index in [4.69, 9.17) is 0 Å². The van der Waals surface area contributed by atoms with Crippen LogP contribution in [0.15, 0.2) is 55.1 Å². The minimum atomic E-state index is -4.88. The highest BCUT2D eigenvalue weighted by molar-refractivity contribution is 5.95. The maximum Gasteiger partial charge on any atom is 0.573 e. The molecule has 0 unspecified atom stereocenters. The van der Waals surface area contributed by atoms with Crippen molar-refractivity contribution in [2.45, 2.75) is 12.9 Å². The quantitative estimate of drug-likeness (QED) is 0.497. The molecule has 1 N–H and O–H groups in total. The highest BCUT2D eigenvalue weighted by atomic mass is 19.4. The van der Waals surface area contributed by atoms with Crippen LogP contribution in [0.4, 0.5) is 18.9 Å². The lowest BCUT2D eigenvalue weighted by atomic mass is 10.1. The number of halogens is 3. The van der Waals surface area contributed by atoms with Crippen molar-refractivity contribution in [1.29, 1.82) is 0 Å². The van der Waals surface area contributed by atoms with Crippen molar-refractivity contribution in [3.63, 3.8) is 0 Å². The zero-order chi connectivity index (χ0) is 21.0. The number of amides is 1. The first-order valence-corrected chi connectivity index (χ1v) is 8.00. The molecule has 0 radical (unpaired) electrons. The fourth-order valence-electron chi connectivity index (χ4n) is 2.49. The number of hydrogen-bond donors (Lipinski definition) is 1. The molecule has 2 aromatic carbocycles. The normalized spacial score (nSPS) is 11.1. The molecular weight excluding hydrogens is 395 g/mol. The predicted octanol–water partition coefficient (Wildman–Crippen LogP) is 3.00. The molecule has 0 aliphatic rings. The van der Waals surface area contributed by atoms with Crippen LogP contribution in [0.25, 0.3) is 5.69 Å². The van der Waals surface area contributed by atoms with E-state index in [1.807, 2.05) is 0 Å². The molecule has 9 nitrogen and oxygen atoms in total. The summed E-state index contributed by atoms with van der Waals surface area (Å²) in [5.74, 6) is -1.16. The Kier molecular flexibility index (Phi) is 5.43. The lowest BCUT2D eigenvalue weighted by molar-refractivity contribution is -0.384. The minimum absolute atomic E-state index is 0.0465. The molecule has 0 saturated heterocycles. The van der Waals surface area contributed by atoms with E-state index < -0.39 is 22.9 Å². The largest absolute Gasteiger partial charge is 0.573 e. The summed E-state index contributed by atoms with van der Waals surface area (Å²) in [6.07, 6.45) is -2.41. The smallest absolute Gasteiger partial charge is 0.405 e. The number of alkyl halides is 3. The number of nitrogens with one attached hydrogen (secondary N) is 1. The third-order valence-corrected chi connectivity index (χ3v) is 3.74. The van der Waals surface area contributed by atoms with Crippen molar-refractivity contribution in [2.75, 3.05) is 0 Å². The molecule has 0 aliphatic heterocycles. The van der Waals surface area contributed by atoms with Gasteiger partial charge in [-0.15, -0.1) is 13.2 Å². The first kappa shape index (κ1) is 19.8. The summed E-state index contributed by atoms with van der Waals surface area (Å²) in [5.41, 5.74) is -0.237. The molecule has 3 rings (SSSR count). The highest BCUT2D eigenvalue weighted by Gasteiger charge is 2.32. The SMILES string of the molecule is O=C(NCc1ccccc1OC(F)(F)F)c1ccc(-n2cncn2)c([N+](=O)[O-])c1. The predicted molar refractivity (Wildman–Crippen MR) is 92.3 cm³/mol. The first-order chi connectivity index (χ1) is 13.7. The van der Waals surface area contributed by atoms with Gasteiger partial charge >= 0.3 is 6.36 Å². The Morgan fingerprint density at radius 2 is 2.00 bits per heavy atom. The Hall–Kier alpha value is -3.96. The van der Waals surface area contributed by atoms with Crippen molar-refractivity contribution in [3.8, 4) is 11.4 Å². The molecule has 0 fully saturated rings. The Balaban J connectivity index is 1.79. The molecule has 1 heterocycles. The molecule has 3 aromatic rings. The average Bonchev–Trinajstić information content (AvgIpc) is 3.20. The zero-order valence-electron chi connectivity index (χ0n) is 14.5. The zero-order valence-corrected chi connectivity index (χ0v) is 14.5. The molecule has 0 atom stereocenters. The second-order valence-corrected chi connectivity index (χ2v) is 5.64. The van der Waals surface area contributed by atoms with Crippen LogP contribution >= 0.6 is 0 Å². The lowest BCUT2D eigenvalue weighted by Gasteiger charge is -2.13. The maximum atomic E-state index is 12.5. The molecule has 0 spiro atoms. The van der Waals surface area contributed by atoms with Crippen LogP contribution in [0.2, 0.25) is 0 Å². The number of benzene rings is 2. The third kappa shape index (κ3) is 4.86. The number of carbonyl (C=O) groups excluding carboxylic acids is 1. The Bertz CT molecular complexity index is 1040. The van der Waals surface area contributed by atoms with Gasteiger partial charge in [0, 0.05) is 23.7 Å². The topological polar surface area (TPSA) is 112 Å². The van der Waals surface area contributed by atoms with Crippen molar-refractivity contribution in [3.05, 3.63) is 76.4 Å². The number of nitro benzene ring substituents is 1. The van der Waals surface area contributed by atoms with E-state index in [1.165, 1.54) is 47.7 Å². The van der Waals surface area contributed by atoms with Crippen LogP contribution in [0.5, 0.6) is 5.75 Å². The second-order valence-electron chi connectivity index (χ2n) is 5.64. The van der Waals surface area contributed by atoms with Gasteiger partial charge in [0.2, 0.25) is 0 Å². The van der Waals surface area contributed by atoms with Crippen LogP contribution in [-0.4, -0.2) is 32.0 Å². The minimum Gasteiger partial charge on any atom is -0.405 e. The number of nitro groups is 1. The lowest BCUT2D eigenvalue weighted by Crippen LogP contribution is -2.24. The number of rotatable bonds is 6. The Morgan fingerprint density at radius 3 is 2.66 bits per heavy atom. The molecule has 29 heavy (non-hydrogen) atoms. The summed E-state index contributed by atoms with van der Waals surface area (Å²) in [7, 11) is 0. The monoisotopic (exact) mass is 407 g/mol. The third-order valence-electron chi connectivity index (χ3n) is 3.74. The Labute approximate surface area is 160 Å². The molecule has 150 valence electrons. The number of carbonyl (C=O) groups is 1. The van der Waals surface area contributed by atoms with Crippen LogP contribution in [0.1, 0.15) is 15.9 Å².